The summed E-state index contributed by atoms with van der Waals surface area (Å²) in [6, 6.07) is 0. The molecule has 0 heterocycles. The van der Waals surface area contributed by atoms with Crippen molar-refractivity contribution in [3.05, 3.63) is 0 Å². The molecule has 0 aromatic carbocycles. The highest BCUT2D eigenvalue weighted by atomic mass is 32.3. The minimum Gasteiger partial charge on any atom is -0.298 e. The Labute approximate surface area is 118 Å². The van der Waals surface area contributed by atoms with Gasteiger partial charge < -0.3 is 0 Å². The predicted molar refractivity (Wildman–Crippen MR) is 82.6 cm³/mol. The first kappa shape index (κ1) is 17.0. The molecule has 1 fully saturated rings. The number of carbonyl (C=O) groups excluding carboxylic acids is 1. The lowest BCUT2D eigenvalue weighted by molar-refractivity contribution is -0.120. The fourth-order valence-electron chi connectivity index (χ4n) is 2.41. The number of unbranched alkanes of at least 4 members (excludes halogenated alkanes) is 1. The van der Waals surface area contributed by atoms with Crippen molar-refractivity contribution in [3.63, 3.8) is 0 Å². The van der Waals surface area contributed by atoms with Gasteiger partial charge in [-0.25, -0.2) is 0 Å². The molecule has 4 nitrogen and oxygen atoms in total. The first-order chi connectivity index (χ1) is 8.76. The quantitative estimate of drug-likeness (QED) is 0.511. The van der Waals surface area contributed by atoms with Crippen LogP contribution < -0.4 is 0 Å². The lowest BCUT2D eigenvalue weighted by Crippen LogP contribution is -2.26. The van der Waals surface area contributed by atoms with Gasteiger partial charge in [-0.05, 0) is 29.6 Å². The summed E-state index contributed by atoms with van der Waals surface area (Å²) in [6.07, 6.45) is 9.31. The van der Waals surface area contributed by atoms with Crippen molar-refractivity contribution in [2.24, 2.45) is 5.92 Å². The zero-order chi connectivity index (χ0) is 14.5. The molecule has 0 saturated heterocycles. The zero-order valence-electron chi connectivity index (χ0n) is 12.2. The molecule has 1 aliphatic rings. The summed E-state index contributed by atoms with van der Waals surface area (Å²) in [4.78, 5) is 12.1. The largest absolute Gasteiger partial charge is 0.390 e. The average molecular weight is 311 g/mol. The molecule has 1 N–H and O–H groups in total. The van der Waals surface area contributed by atoms with Crippen LogP contribution >= 0.6 is 10.3 Å². The van der Waals surface area contributed by atoms with Gasteiger partial charge in [0.2, 0.25) is 0 Å². The Kier molecular flexibility index (Phi) is 6.33. The molecule has 0 unspecified atom stereocenters. The van der Waals surface area contributed by atoms with Gasteiger partial charge in [-0.1, -0.05) is 26.2 Å². The minimum absolute atomic E-state index is 0.109. The van der Waals surface area contributed by atoms with Gasteiger partial charge >= 0.3 is 10.1 Å². The van der Waals surface area contributed by atoms with Crippen molar-refractivity contribution < 1.29 is 16.8 Å². The maximum atomic E-state index is 12.1. The highest BCUT2D eigenvalue weighted by Crippen LogP contribution is 2.42. The van der Waals surface area contributed by atoms with Crippen LogP contribution in [0.3, 0.4) is 0 Å². The Morgan fingerprint density at radius 2 is 1.79 bits per heavy atom. The molecule has 0 aliphatic heterocycles. The Balaban J connectivity index is 2.52. The Hall–Kier alpha value is -0.0700. The Bertz CT molecular complexity index is 395. The molecule has 0 aromatic rings. The molecule has 1 aliphatic carbocycles. The van der Waals surface area contributed by atoms with Gasteiger partial charge in [-0.3, -0.25) is 8.42 Å². The number of Topliss-reactive ketones (excluding diaryl/α,β-unsaturated/α-hetero) is 1. The van der Waals surface area contributed by atoms with Crippen LogP contribution in [0.25, 0.3) is 0 Å². The number of hydrogen-bond acceptors (Lipinski definition) is 3. The number of ketones is 1. The standard InChI is InChI=1S/C13H26O4S2/c1-4-5-10-19(15,16)17-18(2,3)11-13(14)12-8-6-7-9-12/h12H,4-11H2,1-3H3/p+1. The lowest BCUT2D eigenvalue weighted by Gasteiger charge is -2.25. The van der Waals surface area contributed by atoms with E-state index >= 15 is 0 Å². The van der Waals surface area contributed by atoms with Gasteiger partial charge in [0.15, 0.2) is 5.78 Å². The molecule has 0 radical (unpaired) electrons. The molecule has 0 spiro atoms. The predicted octanol–water partition coefficient (Wildman–Crippen LogP) is 2.95. The second-order valence-electron chi connectivity index (χ2n) is 5.79. The van der Waals surface area contributed by atoms with E-state index in [-0.39, 0.29) is 17.5 Å². The molecule has 0 bridgehead atoms. The SMILES string of the molecule is CCCCS(=O)(=O)[OH+]S(C)(C)CC(=O)C1CCCC1. The van der Waals surface area contributed by atoms with Gasteiger partial charge in [-0.2, -0.15) is 8.42 Å². The molecular formula is C13H27O4S2+. The van der Waals surface area contributed by atoms with Crippen LogP contribution in [0.15, 0.2) is 0 Å². The van der Waals surface area contributed by atoms with E-state index < -0.39 is 20.4 Å². The van der Waals surface area contributed by atoms with Gasteiger partial charge in [0.1, 0.15) is 5.75 Å². The normalized spacial score (nSPS) is 18.7. The first-order valence-electron chi connectivity index (χ1n) is 6.96. The van der Waals surface area contributed by atoms with Crippen LogP contribution in [0, 0.1) is 5.92 Å². The van der Waals surface area contributed by atoms with Crippen molar-refractivity contribution in [3.8, 4) is 0 Å². The molecule has 1 rings (SSSR count). The summed E-state index contributed by atoms with van der Waals surface area (Å²) in [5.41, 5.74) is 0. The molecule has 114 valence electrons. The van der Waals surface area contributed by atoms with Crippen LogP contribution in [0.4, 0.5) is 0 Å². The molecule has 6 heteroatoms. The fraction of sp³-hybridized carbons (Fsp3) is 0.923. The van der Waals surface area contributed by atoms with Crippen LogP contribution in [0.2, 0.25) is 0 Å². The van der Waals surface area contributed by atoms with Gasteiger partial charge in [0.25, 0.3) is 0 Å². The van der Waals surface area contributed by atoms with E-state index in [0.717, 1.165) is 32.1 Å². The van der Waals surface area contributed by atoms with E-state index in [2.05, 4.69) is 3.63 Å². The molecule has 19 heavy (non-hydrogen) atoms. The van der Waals surface area contributed by atoms with E-state index in [4.69, 9.17) is 0 Å². The van der Waals surface area contributed by atoms with E-state index in [1.165, 1.54) is 0 Å². The van der Waals surface area contributed by atoms with Crippen molar-refractivity contribution >= 4 is 26.2 Å². The first-order valence-corrected chi connectivity index (χ1v) is 11.1. The van der Waals surface area contributed by atoms with Crippen LogP contribution in [0.1, 0.15) is 45.4 Å². The number of carbonyl (C=O) groups is 1. The topological polar surface area (TPSA) is 64.0 Å². The second kappa shape index (κ2) is 7.09. The van der Waals surface area contributed by atoms with Gasteiger partial charge in [0.05, 0.1) is 5.75 Å². The molecule has 1 saturated carbocycles. The third-order valence-electron chi connectivity index (χ3n) is 3.38. The molecule has 0 amide bonds. The van der Waals surface area contributed by atoms with Crippen molar-refractivity contribution in [2.45, 2.75) is 45.4 Å². The van der Waals surface area contributed by atoms with Crippen LogP contribution in [-0.2, 0) is 14.9 Å². The Morgan fingerprint density at radius 1 is 1.21 bits per heavy atom. The van der Waals surface area contributed by atoms with E-state index in [1.807, 2.05) is 19.4 Å². The maximum Gasteiger partial charge on any atom is 0.390 e. The third-order valence-corrected chi connectivity index (χ3v) is 7.70. The summed E-state index contributed by atoms with van der Waals surface area (Å²) < 4.78 is 27.7. The summed E-state index contributed by atoms with van der Waals surface area (Å²) >= 11 is 0. The highest BCUT2D eigenvalue weighted by Gasteiger charge is 2.33. The van der Waals surface area contributed by atoms with Crippen molar-refractivity contribution in [1.29, 1.82) is 0 Å². The van der Waals surface area contributed by atoms with E-state index in [9.17, 15) is 13.2 Å². The second-order valence-corrected chi connectivity index (χ2v) is 11.2. The van der Waals surface area contributed by atoms with Crippen LogP contribution in [-0.4, -0.2) is 41.8 Å². The summed E-state index contributed by atoms with van der Waals surface area (Å²) in [5, 5.41) is 0. The lowest BCUT2D eigenvalue weighted by atomic mass is 10.0. The van der Waals surface area contributed by atoms with Crippen LogP contribution in [0.5, 0.6) is 0 Å². The maximum absolute atomic E-state index is 12.1. The number of rotatable bonds is 8. The van der Waals surface area contributed by atoms with E-state index in [0.29, 0.717) is 12.2 Å². The molecule has 0 aromatic heterocycles. The van der Waals surface area contributed by atoms with Crippen molar-refractivity contribution in [1.82, 2.24) is 0 Å². The summed E-state index contributed by atoms with van der Waals surface area (Å²) in [7, 11) is -5.08. The molecular weight excluding hydrogens is 284 g/mol. The molecule has 0 atom stereocenters. The third kappa shape index (κ3) is 6.27. The average Bonchev–Trinajstić information content (AvgIpc) is 2.77. The van der Waals surface area contributed by atoms with Gasteiger partial charge in [-0.15, -0.1) is 0 Å². The smallest absolute Gasteiger partial charge is 0.298 e. The van der Waals surface area contributed by atoms with Crippen molar-refractivity contribution in [2.75, 3.05) is 24.0 Å². The minimum atomic E-state index is -3.36. The number of hydrogen-bond donors (Lipinski definition) is 0. The van der Waals surface area contributed by atoms with Gasteiger partial charge in [0, 0.05) is 18.4 Å². The highest BCUT2D eigenvalue weighted by molar-refractivity contribution is 8.31. The monoisotopic (exact) mass is 311 g/mol. The Morgan fingerprint density at radius 3 is 2.32 bits per heavy atom. The van der Waals surface area contributed by atoms with E-state index in [1.54, 1.807) is 0 Å². The summed E-state index contributed by atoms with van der Waals surface area (Å²) in [6.45, 7) is 1.96. The summed E-state index contributed by atoms with van der Waals surface area (Å²) in [5.74, 6) is 0.799. The zero-order valence-corrected chi connectivity index (χ0v) is 13.9. The fourth-order valence-corrected chi connectivity index (χ4v) is 6.97.